The first-order chi connectivity index (χ1) is 10.1. The summed E-state index contributed by atoms with van der Waals surface area (Å²) in [4.78, 5) is 27.6. The van der Waals surface area contributed by atoms with E-state index in [1.807, 2.05) is 55.5 Å². The highest BCUT2D eigenvalue weighted by atomic mass is 16.2. The van der Waals surface area contributed by atoms with Crippen LogP contribution in [0, 0.1) is 0 Å². The van der Waals surface area contributed by atoms with Crippen LogP contribution in [0.3, 0.4) is 0 Å². The van der Waals surface area contributed by atoms with Crippen molar-refractivity contribution >= 4 is 23.2 Å². The molecule has 0 unspecified atom stereocenters. The van der Waals surface area contributed by atoms with Crippen LogP contribution >= 0.6 is 0 Å². The summed E-state index contributed by atoms with van der Waals surface area (Å²) in [5.41, 5.74) is 1.42. The predicted molar refractivity (Wildman–Crippen MR) is 84.3 cm³/mol. The average molecular weight is 282 g/mol. The summed E-state index contributed by atoms with van der Waals surface area (Å²) in [5, 5.41) is 0. The molecule has 2 aromatic carbocycles. The number of carbonyl (C=O) groups excluding carboxylic acids is 2. The monoisotopic (exact) mass is 282 g/mol. The Hall–Kier alpha value is -2.62. The number of anilines is 2. The summed E-state index contributed by atoms with van der Waals surface area (Å²) in [6.45, 7) is 2.29. The van der Waals surface area contributed by atoms with E-state index in [1.165, 1.54) is 9.80 Å². The van der Waals surface area contributed by atoms with Gasteiger partial charge in [0.25, 0.3) is 0 Å². The number of nitrogens with zero attached hydrogens (tertiary/aromatic N) is 2. The minimum Gasteiger partial charge on any atom is -0.307 e. The van der Waals surface area contributed by atoms with E-state index in [-0.39, 0.29) is 0 Å². The van der Waals surface area contributed by atoms with Gasteiger partial charge in [-0.25, -0.2) is 0 Å². The Labute approximate surface area is 124 Å². The average Bonchev–Trinajstić information content (AvgIpc) is 2.56. The second kappa shape index (κ2) is 6.70. The van der Waals surface area contributed by atoms with E-state index in [0.29, 0.717) is 12.2 Å². The van der Waals surface area contributed by atoms with Crippen molar-refractivity contribution in [3.8, 4) is 0 Å². The minimum absolute atomic E-state index is 0.442. The molecular formula is C17H18N2O2. The summed E-state index contributed by atoms with van der Waals surface area (Å²) >= 11 is 0. The zero-order chi connectivity index (χ0) is 15.2. The van der Waals surface area contributed by atoms with Crippen molar-refractivity contribution < 1.29 is 9.59 Å². The van der Waals surface area contributed by atoms with Crippen LogP contribution < -0.4 is 9.80 Å². The topological polar surface area (TPSA) is 40.6 Å². The third-order valence-electron chi connectivity index (χ3n) is 3.26. The van der Waals surface area contributed by atoms with Gasteiger partial charge in [0.2, 0.25) is 0 Å². The number of carbonyl (C=O) groups is 2. The first kappa shape index (κ1) is 14.8. The van der Waals surface area contributed by atoms with Crippen molar-refractivity contribution in [3.05, 3.63) is 60.7 Å². The molecule has 0 saturated carbocycles. The smallest absolute Gasteiger partial charge is 0.307 e. The van der Waals surface area contributed by atoms with Gasteiger partial charge in [-0.05, 0) is 31.2 Å². The lowest BCUT2D eigenvalue weighted by molar-refractivity contribution is -0.135. The summed E-state index contributed by atoms with van der Waals surface area (Å²) < 4.78 is 0. The first-order valence-electron chi connectivity index (χ1n) is 6.84. The van der Waals surface area contributed by atoms with Gasteiger partial charge in [0.15, 0.2) is 0 Å². The van der Waals surface area contributed by atoms with Crippen molar-refractivity contribution in [2.24, 2.45) is 0 Å². The quantitative estimate of drug-likeness (QED) is 0.812. The van der Waals surface area contributed by atoms with Crippen LogP contribution in [0.15, 0.2) is 60.7 Å². The molecule has 0 aliphatic carbocycles. The molecule has 0 atom stereocenters. The van der Waals surface area contributed by atoms with E-state index in [0.717, 1.165) is 5.69 Å². The fourth-order valence-corrected chi connectivity index (χ4v) is 2.08. The molecule has 0 radical (unpaired) electrons. The van der Waals surface area contributed by atoms with Crippen molar-refractivity contribution in [1.82, 2.24) is 0 Å². The van der Waals surface area contributed by atoms with Crippen LogP contribution in [-0.4, -0.2) is 25.4 Å². The summed E-state index contributed by atoms with van der Waals surface area (Å²) in [7, 11) is 1.61. The van der Waals surface area contributed by atoms with Gasteiger partial charge in [-0.15, -0.1) is 0 Å². The van der Waals surface area contributed by atoms with Crippen molar-refractivity contribution in [2.45, 2.75) is 6.92 Å². The highest BCUT2D eigenvalue weighted by molar-refractivity contribution is 6.44. The van der Waals surface area contributed by atoms with Crippen LogP contribution in [0.25, 0.3) is 0 Å². The Morgan fingerprint density at radius 2 is 1.29 bits per heavy atom. The lowest BCUT2D eigenvalue weighted by Gasteiger charge is -2.23. The standard InChI is InChI=1S/C17H18N2O2/c1-3-19(15-12-8-5-9-13-15)17(21)16(20)18(2)14-10-6-4-7-11-14/h4-13H,3H2,1-2H3. The van der Waals surface area contributed by atoms with E-state index < -0.39 is 11.8 Å². The molecule has 0 aromatic heterocycles. The number of para-hydroxylation sites is 2. The van der Waals surface area contributed by atoms with Crippen molar-refractivity contribution in [3.63, 3.8) is 0 Å². The molecule has 0 heterocycles. The Morgan fingerprint density at radius 1 is 0.810 bits per heavy atom. The normalized spacial score (nSPS) is 10.0. The number of likely N-dealkylation sites (N-methyl/N-ethyl adjacent to an activating group) is 2. The van der Waals surface area contributed by atoms with Gasteiger partial charge in [0.1, 0.15) is 0 Å². The highest BCUT2D eigenvalue weighted by Gasteiger charge is 2.25. The largest absolute Gasteiger partial charge is 0.316 e. The van der Waals surface area contributed by atoms with E-state index >= 15 is 0 Å². The molecule has 4 heteroatoms. The molecule has 0 N–H and O–H groups in total. The molecule has 108 valence electrons. The maximum Gasteiger partial charge on any atom is 0.316 e. The molecule has 21 heavy (non-hydrogen) atoms. The number of rotatable bonds is 3. The maximum atomic E-state index is 12.4. The Balaban J connectivity index is 2.20. The van der Waals surface area contributed by atoms with E-state index in [4.69, 9.17) is 0 Å². The molecule has 0 aliphatic rings. The van der Waals surface area contributed by atoms with Gasteiger partial charge >= 0.3 is 11.8 Å². The lowest BCUT2D eigenvalue weighted by Crippen LogP contribution is -2.44. The zero-order valence-corrected chi connectivity index (χ0v) is 12.2. The second-order valence-electron chi connectivity index (χ2n) is 4.58. The van der Waals surface area contributed by atoms with Gasteiger partial charge in [-0.2, -0.15) is 0 Å². The molecule has 0 aliphatic heterocycles. The molecule has 0 saturated heterocycles. The molecule has 2 rings (SSSR count). The van der Waals surface area contributed by atoms with Crippen LogP contribution in [0.4, 0.5) is 11.4 Å². The fourth-order valence-electron chi connectivity index (χ4n) is 2.08. The Morgan fingerprint density at radius 3 is 1.76 bits per heavy atom. The van der Waals surface area contributed by atoms with Crippen molar-refractivity contribution in [1.29, 1.82) is 0 Å². The van der Waals surface area contributed by atoms with Crippen LogP contribution in [0.1, 0.15) is 6.92 Å². The number of amides is 2. The van der Waals surface area contributed by atoms with Crippen molar-refractivity contribution in [2.75, 3.05) is 23.4 Å². The van der Waals surface area contributed by atoms with Gasteiger partial charge in [0.05, 0.1) is 0 Å². The minimum atomic E-state index is -0.549. The number of benzene rings is 2. The molecule has 4 nitrogen and oxygen atoms in total. The third-order valence-corrected chi connectivity index (χ3v) is 3.26. The van der Waals surface area contributed by atoms with Crippen LogP contribution in [0.2, 0.25) is 0 Å². The zero-order valence-electron chi connectivity index (χ0n) is 12.2. The number of hydrogen-bond donors (Lipinski definition) is 0. The molecule has 0 fully saturated rings. The lowest BCUT2D eigenvalue weighted by atomic mass is 10.2. The van der Waals surface area contributed by atoms with Gasteiger partial charge in [-0.3, -0.25) is 9.59 Å². The second-order valence-corrected chi connectivity index (χ2v) is 4.58. The van der Waals surface area contributed by atoms with E-state index in [1.54, 1.807) is 19.2 Å². The predicted octanol–water partition coefficient (Wildman–Crippen LogP) is 2.70. The highest BCUT2D eigenvalue weighted by Crippen LogP contribution is 2.16. The van der Waals surface area contributed by atoms with E-state index in [2.05, 4.69) is 0 Å². The van der Waals surface area contributed by atoms with Gasteiger partial charge in [0, 0.05) is 25.0 Å². The first-order valence-corrected chi connectivity index (χ1v) is 6.84. The molecule has 2 aromatic rings. The molecular weight excluding hydrogens is 264 g/mol. The third kappa shape index (κ3) is 3.28. The summed E-state index contributed by atoms with van der Waals surface area (Å²) in [6, 6.07) is 18.3. The summed E-state index contributed by atoms with van der Waals surface area (Å²) in [6.07, 6.45) is 0. The van der Waals surface area contributed by atoms with Crippen LogP contribution in [-0.2, 0) is 9.59 Å². The molecule has 0 bridgehead atoms. The summed E-state index contributed by atoms with van der Waals surface area (Å²) in [5.74, 6) is -1.08. The molecule has 2 amide bonds. The fraction of sp³-hybridized carbons (Fsp3) is 0.176. The van der Waals surface area contributed by atoms with E-state index in [9.17, 15) is 9.59 Å². The van der Waals surface area contributed by atoms with Gasteiger partial charge in [-0.1, -0.05) is 36.4 Å². The van der Waals surface area contributed by atoms with Crippen LogP contribution in [0.5, 0.6) is 0 Å². The maximum absolute atomic E-state index is 12.4. The van der Waals surface area contributed by atoms with Gasteiger partial charge < -0.3 is 9.80 Å². The Bertz CT molecular complexity index is 611. The SMILES string of the molecule is CCN(C(=O)C(=O)N(C)c1ccccc1)c1ccccc1. The Kier molecular flexibility index (Phi) is 4.72. The number of hydrogen-bond acceptors (Lipinski definition) is 2. The molecule has 0 spiro atoms.